The van der Waals surface area contributed by atoms with Gasteiger partial charge in [0, 0.05) is 32.0 Å². The minimum Gasteiger partial charge on any atom is -0.463 e. The lowest BCUT2D eigenvalue weighted by Crippen LogP contribution is -2.55. The molecule has 1 unspecified atom stereocenters. The van der Waals surface area contributed by atoms with Crippen LogP contribution in [-0.4, -0.2) is 90.8 Å². The first kappa shape index (κ1) is 41.3. The van der Waals surface area contributed by atoms with E-state index in [0.717, 1.165) is 11.1 Å². The molecule has 1 aliphatic heterocycles. The number of nitrogens with one attached hydrogen (secondary N) is 2. The minimum atomic E-state index is -1.37. The summed E-state index contributed by atoms with van der Waals surface area (Å²) in [7, 11) is 0. The highest BCUT2D eigenvalue weighted by molar-refractivity contribution is 5.95. The van der Waals surface area contributed by atoms with Crippen molar-refractivity contribution in [2.45, 2.75) is 88.9 Å². The summed E-state index contributed by atoms with van der Waals surface area (Å²) in [5, 5.41) is 5.79. The SMILES string of the molecule is CC(C)C[C@@H](CC(=O)[C@@H](Cc1ccccc1)NC(=O)[C@H](N)Cc1ccccc1)C(=O)N[C@H](CCCCN)C(=O)N1CCC(N)(C(=O)OCCN)C1. The van der Waals surface area contributed by atoms with Gasteiger partial charge in [-0.1, -0.05) is 74.5 Å². The molecule has 51 heavy (non-hydrogen) atoms. The largest absolute Gasteiger partial charge is 0.463 e. The second-order valence-electron chi connectivity index (χ2n) is 14.0. The first-order chi connectivity index (χ1) is 24.4. The van der Waals surface area contributed by atoms with Crippen molar-refractivity contribution in [3.05, 3.63) is 71.8 Å². The van der Waals surface area contributed by atoms with Crippen LogP contribution in [0.5, 0.6) is 0 Å². The van der Waals surface area contributed by atoms with Gasteiger partial charge in [0.05, 0.1) is 12.1 Å². The van der Waals surface area contributed by atoms with E-state index in [9.17, 15) is 24.0 Å². The number of hydrogen-bond donors (Lipinski definition) is 6. The molecule has 13 nitrogen and oxygen atoms in total. The van der Waals surface area contributed by atoms with Gasteiger partial charge in [-0.25, -0.2) is 4.79 Å². The van der Waals surface area contributed by atoms with Crippen LogP contribution in [0.25, 0.3) is 0 Å². The van der Waals surface area contributed by atoms with Crippen LogP contribution in [0.2, 0.25) is 0 Å². The summed E-state index contributed by atoms with van der Waals surface area (Å²) in [6.07, 6.45) is 2.51. The molecule has 280 valence electrons. The number of carbonyl (C=O) groups is 5. The van der Waals surface area contributed by atoms with Crippen molar-refractivity contribution in [1.82, 2.24) is 15.5 Å². The lowest BCUT2D eigenvalue weighted by Gasteiger charge is -2.28. The van der Waals surface area contributed by atoms with Gasteiger partial charge in [0.15, 0.2) is 5.78 Å². The van der Waals surface area contributed by atoms with Crippen LogP contribution < -0.4 is 33.6 Å². The Bertz CT molecular complexity index is 1430. The molecule has 5 atom stereocenters. The van der Waals surface area contributed by atoms with Gasteiger partial charge in [-0.2, -0.15) is 0 Å². The van der Waals surface area contributed by atoms with Crippen molar-refractivity contribution in [3.63, 3.8) is 0 Å². The number of unbranched alkanes of at least 4 members (excludes halogenated alkanes) is 1. The fraction of sp³-hybridized carbons (Fsp3) is 0.553. The molecule has 3 amide bonds. The third-order valence-corrected chi connectivity index (χ3v) is 9.13. The van der Waals surface area contributed by atoms with Crippen LogP contribution in [0.1, 0.15) is 63.5 Å². The number of ether oxygens (including phenoxy) is 1. The van der Waals surface area contributed by atoms with Crippen molar-refractivity contribution in [1.29, 1.82) is 0 Å². The normalized spacial score (nSPS) is 18.1. The molecule has 0 spiro atoms. The molecule has 1 saturated heterocycles. The van der Waals surface area contributed by atoms with Gasteiger partial charge < -0.3 is 43.2 Å². The molecule has 0 radical (unpaired) electrons. The highest BCUT2D eigenvalue weighted by atomic mass is 16.5. The molecule has 0 bridgehead atoms. The number of benzene rings is 2. The van der Waals surface area contributed by atoms with E-state index < -0.39 is 47.4 Å². The van der Waals surface area contributed by atoms with E-state index in [2.05, 4.69) is 10.6 Å². The number of ketones is 1. The Morgan fingerprint density at radius 3 is 2.04 bits per heavy atom. The molecule has 1 fully saturated rings. The molecule has 0 aliphatic carbocycles. The number of carbonyl (C=O) groups excluding carboxylic acids is 5. The molecule has 3 rings (SSSR count). The summed E-state index contributed by atoms with van der Waals surface area (Å²) in [4.78, 5) is 69.2. The second-order valence-corrected chi connectivity index (χ2v) is 14.0. The van der Waals surface area contributed by atoms with E-state index in [1.54, 1.807) is 0 Å². The Morgan fingerprint density at radius 2 is 1.45 bits per heavy atom. The molecule has 2 aromatic rings. The predicted octanol–water partition coefficient (Wildman–Crippen LogP) is 0.951. The molecule has 10 N–H and O–H groups in total. The van der Waals surface area contributed by atoms with Crippen molar-refractivity contribution in [2.75, 3.05) is 32.8 Å². The first-order valence-corrected chi connectivity index (χ1v) is 18.0. The van der Waals surface area contributed by atoms with Crippen LogP contribution in [-0.2, 0) is 41.6 Å². The van der Waals surface area contributed by atoms with Crippen molar-refractivity contribution < 1.29 is 28.7 Å². The standard InChI is InChI=1S/C38H57N7O6/c1-26(2)21-29(34(47)43-31(15-9-10-17-39)36(49)45-19-16-38(42,25-45)37(50)51-20-18-40)24-33(46)32(23-28-13-7-4-8-14-28)44-35(48)30(41)22-27-11-5-3-6-12-27/h3-8,11-14,26,29-32H,9-10,15-25,39-42H2,1-2H3,(H,43,47)(H,44,48)/t29-,30+,31+,32+,38?/m0/s1. The number of nitrogens with two attached hydrogens (primary N) is 4. The molecular formula is C38H57N7O6. The van der Waals surface area contributed by atoms with Gasteiger partial charge in [0.1, 0.15) is 18.2 Å². The van der Waals surface area contributed by atoms with E-state index in [0.29, 0.717) is 38.6 Å². The maximum atomic E-state index is 14.0. The predicted molar refractivity (Wildman–Crippen MR) is 196 cm³/mol. The average molecular weight is 708 g/mol. The Labute approximate surface area is 301 Å². The van der Waals surface area contributed by atoms with Gasteiger partial charge >= 0.3 is 5.97 Å². The fourth-order valence-electron chi connectivity index (χ4n) is 6.32. The second kappa shape index (κ2) is 20.6. The monoisotopic (exact) mass is 707 g/mol. The topological polar surface area (TPSA) is 226 Å². The summed E-state index contributed by atoms with van der Waals surface area (Å²) in [6.45, 7) is 4.67. The summed E-state index contributed by atoms with van der Waals surface area (Å²) in [5.41, 5.74) is 24.2. The van der Waals surface area contributed by atoms with Gasteiger partial charge in [-0.15, -0.1) is 0 Å². The minimum absolute atomic E-state index is 0.0236. The van der Waals surface area contributed by atoms with Crippen LogP contribution in [0.3, 0.4) is 0 Å². The zero-order valence-electron chi connectivity index (χ0n) is 30.1. The van der Waals surface area contributed by atoms with Gasteiger partial charge in [-0.3, -0.25) is 19.2 Å². The number of amides is 3. The zero-order valence-corrected chi connectivity index (χ0v) is 30.1. The highest BCUT2D eigenvalue weighted by Crippen LogP contribution is 2.23. The van der Waals surface area contributed by atoms with E-state index in [1.807, 2.05) is 74.5 Å². The lowest BCUT2D eigenvalue weighted by molar-refractivity contribution is -0.149. The van der Waals surface area contributed by atoms with Crippen LogP contribution in [0.15, 0.2) is 60.7 Å². The summed E-state index contributed by atoms with van der Waals surface area (Å²) in [5.74, 6) is -2.91. The Kier molecular flexibility index (Phi) is 16.7. The number of likely N-dealkylation sites (tertiary alicyclic amines) is 1. The lowest BCUT2D eigenvalue weighted by atomic mass is 9.88. The van der Waals surface area contributed by atoms with Crippen LogP contribution in [0, 0.1) is 11.8 Å². The quantitative estimate of drug-likeness (QED) is 0.0796. The molecule has 13 heteroatoms. The van der Waals surface area contributed by atoms with Crippen molar-refractivity contribution in [3.8, 4) is 0 Å². The van der Waals surface area contributed by atoms with E-state index in [-0.39, 0.29) is 63.1 Å². The number of hydrogen-bond acceptors (Lipinski definition) is 10. The van der Waals surface area contributed by atoms with Gasteiger partial charge in [0.25, 0.3) is 0 Å². The van der Waals surface area contributed by atoms with Crippen molar-refractivity contribution >= 4 is 29.5 Å². The molecule has 2 aromatic carbocycles. The van der Waals surface area contributed by atoms with E-state index in [4.69, 9.17) is 27.7 Å². The summed E-state index contributed by atoms with van der Waals surface area (Å²) < 4.78 is 5.16. The highest BCUT2D eigenvalue weighted by Gasteiger charge is 2.45. The summed E-state index contributed by atoms with van der Waals surface area (Å²) >= 11 is 0. The molecule has 1 aliphatic rings. The molecule has 1 heterocycles. The number of esters is 1. The number of rotatable bonds is 21. The van der Waals surface area contributed by atoms with Gasteiger partial charge in [0.2, 0.25) is 17.7 Å². The van der Waals surface area contributed by atoms with E-state index in [1.165, 1.54) is 4.90 Å². The number of Topliss-reactive ketones (excluding diaryl/α,β-unsaturated/α-hetero) is 1. The average Bonchev–Trinajstić information content (AvgIpc) is 3.52. The maximum Gasteiger partial charge on any atom is 0.328 e. The van der Waals surface area contributed by atoms with Gasteiger partial charge in [-0.05, 0) is 68.5 Å². The smallest absolute Gasteiger partial charge is 0.328 e. The van der Waals surface area contributed by atoms with Crippen molar-refractivity contribution in [2.24, 2.45) is 34.8 Å². The Morgan fingerprint density at radius 1 is 0.843 bits per heavy atom. The summed E-state index contributed by atoms with van der Waals surface area (Å²) in [6, 6.07) is 16.0. The van der Waals surface area contributed by atoms with E-state index >= 15 is 0 Å². The Hall–Kier alpha value is -4.17. The Balaban J connectivity index is 1.77. The third-order valence-electron chi connectivity index (χ3n) is 9.13. The van der Waals surface area contributed by atoms with Crippen LogP contribution in [0.4, 0.5) is 0 Å². The maximum absolute atomic E-state index is 14.0. The molecule has 0 aromatic heterocycles. The third kappa shape index (κ3) is 13.1. The van der Waals surface area contributed by atoms with Crippen LogP contribution >= 0.6 is 0 Å². The first-order valence-electron chi connectivity index (χ1n) is 18.0. The number of nitrogens with zero attached hydrogens (tertiary/aromatic N) is 1. The fourth-order valence-corrected chi connectivity index (χ4v) is 6.32. The zero-order chi connectivity index (χ0) is 37.4. The molecular weight excluding hydrogens is 650 g/mol. The molecule has 0 saturated carbocycles.